The molecule has 1 rings (SSSR count). The Morgan fingerprint density at radius 3 is 1.69 bits per heavy atom. The highest BCUT2D eigenvalue weighted by Gasteiger charge is 2.48. The van der Waals surface area contributed by atoms with Gasteiger partial charge in [0.05, 0.1) is 18.8 Å². The molecule has 288 valence electrons. The highest BCUT2D eigenvalue weighted by molar-refractivity contribution is 5.01. The third-order valence-electron chi connectivity index (χ3n) is 16.0. The van der Waals surface area contributed by atoms with Crippen molar-refractivity contribution in [3.63, 3.8) is 0 Å². The van der Waals surface area contributed by atoms with Gasteiger partial charge in [-0.3, -0.25) is 0 Å². The van der Waals surface area contributed by atoms with E-state index >= 15 is 0 Å². The Morgan fingerprint density at radius 1 is 0.688 bits per heavy atom. The normalized spacial score (nSPS) is 28.0. The number of rotatable bonds is 20. The van der Waals surface area contributed by atoms with Gasteiger partial charge in [-0.15, -0.1) is 0 Å². The van der Waals surface area contributed by atoms with Gasteiger partial charge in [0.15, 0.2) is 0 Å². The molecule has 1 N–H and O–H groups in total. The van der Waals surface area contributed by atoms with Crippen LogP contribution >= 0.6 is 0 Å². The van der Waals surface area contributed by atoms with Crippen LogP contribution in [0.4, 0.5) is 0 Å². The van der Waals surface area contributed by atoms with Gasteiger partial charge >= 0.3 is 0 Å². The second-order valence-corrected chi connectivity index (χ2v) is 20.9. The number of ether oxygens (including phenoxy) is 2. The zero-order valence-electron chi connectivity index (χ0n) is 36.8. The summed E-state index contributed by atoms with van der Waals surface area (Å²) in [6.45, 7) is 51.3. The summed E-state index contributed by atoms with van der Waals surface area (Å²) in [5.41, 5.74) is 1.60. The quantitative estimate of drug-likeness (QED) is 0.139. The average molecular weight is 678 g/mol. The van der Waals surface area contributed by atoms with Gasteiger partial charge in [0.2, 0.25) is 0 Å². The van der Waals surface area contributed by atoms with Crippen molar-refractivity contribution >= 4 is 0 Å². The zero-order valence-corrected chi connectivity index (χ0v) is 36.8. The van der Waals surface area contributed by atoms with Gasteiger partial charge in [0, 0.05) is 18.7 Å². The Kier molecular flexibility index (Phi) is 16.8. The highest BCUT2D eigenvalue weighted by Crippen LogP contribution is 2.52. The molecule has 0 spiro atoms. The second-order valence-electron chi connectivity index (χ2n) is 20.9. The zero-order chi connectivity index (χ0) is 37.6. The van der Waals surface area contributed by atoms with Gasteiger partial charge in [-0.2, -0.15) is 0 Å². The van der Waals surface area contributed by atoms with Crippen molar-refractivity contribution in [3.05, 3.63) is 0 Å². The first-order chi connectivity index (χ1) is 21.7. The van der Waals surface area contributed by atoms with E-state index in [1.807, 2.05) is 0 Å². The molecule has 0 aromatic rings. The molecule has 10 atom stereocenters. The lowest BCUT2D eigenvalue weighted by molar-refractivity contribution is -0.0953. The summed E-state index contributed by atoms with van der Waals surface area (Å²) in [6.07, 6.45) is 11.4. The highest BCUT2D eigenvalue weighted by atomic mass is 16.5. The van der Waals surface area contributed by atoms with E-state index in [4.69, 9.17) is 9.47 Å². The molecule has 0 amide bonds. The van der Waals surface area contributed by atoms with E-state index in [1.165, 1.54) is 44.9 Å². The van der Waals surface area contributed by atoms with Crippen LogP contribution in [0.25, 0.3) is 0 Å². The Hall–Kier alpha value is -0.120. The van der Waals surface area contributed by atoms with E-state index < -0.39 is 0 Å². The maximum absolute atomic E-state index is 6.79. The summed E-state index contributed by atoms with van der Waals surface area (Å²) in [4.78, 5) is 0. The first-order valence-corrected chi connectivity index (χ1v) is 20.7. The van der Waals surface area contributed by atoms with E-state index in [2.05, 4.69) is 144 Å². The van der Waals surface area contributed by atoms with Crippen LogP contribution in [0.15, 0.2) is 0 Å². The van der Waals surface area contributed by atoms with E-state index in [-0.39, 0.29) is 39.4 Å². The molecule has 0 aromatic carbocycles. The van der Waals surface area contributed by atoms with Crippen molar-refractivity contribution in [3.8, 4) is 0 Å². The molecule has 1 aliphatic rings. The van der Waals surface area contributed by atoms with Crippen LogP contribution in [0.2, 0.25) is 0 Å². The minimum absolute atomic E-state index is 0.0789. The summed E-state index contributed by atoms with van der Waals surface area (Å²) in [5.74, 6) is 2.28. The smallest absolute Gasteiger partial charge is 0.0604 e. The Balaban J connectivity index is 2.96. The molecule has 48 heavy (non-hydrogen) atoms. The van der Waals surface area contributed by atoms with E-state index in [0.717, 1.165) is 32.6 Å². The van der Waals surface area contributed by atoms with Crippen LogP contribution in [-0.2, 0) is 9.47 Å². The van der Waals surface area contributed by atoms with Crippen molar-refractivity contribution in [2.75, 3.05) is 19.8 Å². The molecule has 3 heteroatoms. The van der Waals surface area contributed by atoms with Gasteiger partial charge in [0.25, 0.3) is 0 Å². The molecular weight excluding hydrogens is 587 g/mol. The largest absolute Gasteiger partial charge is 0.381 e. The molecule has 3 nitrogen and oxygen atoms in total. The summed E-state index contributed by atoms with van der Waals surface area (Å²) >= 11 is 0. The molecule has 1 fully saturated rings. The molecule has 0 radical (unpaired) electrons. The fraction of sp³-hybridized carbons (Fsp3) is 1.00. The fourth-order valence-corrected chi connectivity index (χ4v) is 9.13. The fourth-order valence-electron chi connectivity index (χ4n) is 9.13. The topological polar surface area (TPSA) is 30.5 Å². The minimum Gasteiger partial charge on any atom is -0.381 e. The standard InChI is InChI=1S/C45H91NO2/c1-21-41(16,22-2)38(10)48-36(8)35(7)45(20)27-25-26-44(19,31-46-45)37(9)43(18,24-4)30-40(14,15)32-47-29-34(6)42(17,23-3)28-33(5)39(11,12)13/h33-38,46H,21-32H2,1-20H3. The average Bonchev–Trinajstić information content (AvgIpc) is 3.17. The van der Waals surface area contributed by atoms with Crippen molar-refractivity contribution in [1.82, 2.24) is 5.32 Å². The molecule has 1 heterocycles. The third kappa shape index (κ3) is 11.7. The van der Waals surface area contributed by atoms with Crippen molar-refractivity contribution in [2.45, 2.75) is 214 Å². The maximum atomic E-state index is 6.79. The van der Waals surface area contributed by atoms with Gasteiger partial charge in [-0.25, -0.2) is 0 Å². The first-order valence-electron chi connectivity index (χ1n) is 20.7. The van der Waals surface area contributed by atoms with E-state index in [9.17, 15) is 0 Å². The number of hydrogen-bond donors (Lipinski definition) is 1. The Labute approximate surface area is 304 Å². The number of hydrogen-bond acceptors (Lipinski definition) is 3. The lowest BCUT2D eigenvalue weighted by Crippen LogP contribution is -2.54. The molecule has 1 aliphatic heterocycles. The molecule has 10 unspecified atom stereocenters. The minimum atomic E-state index is 0.0789. The van der Waals surface area contributed by atoms with Crippen LogP contribution < -0.4 is 5.32 Å². The van der Waals surface area contributed by atoms with Crippen LogP contribution in [-0.4, -0.2) is 37.5 Å². The van der Waals surface area contributed by atoms with Crippen molar-refractivity contribution in [1.29, 1.82) is 0 Å². The van der Waals surface area contributed by atoms with Crippen LogP contribution in [0.3, 0.4) is 0 Å². The van der Waals surface area contributed by atoms with Crippen LogP contribution in [0, 0.1) is 56.2 Å². The van der Waals surface area contributed by atoms with Crippen molar-refractivity contribution in [2.24, 2.45) is 56.2 Å². The molecule has 1 saturated heterocycles. The van der Waals surface area contributed by atoms with Gasteiger partial charge in [0.1, 0.15) is 0 Å². The molecule has 0 saturated carbocycles. The maximum Gasteiger partial charge on any atom is 0.0604 e. The SMILES string of the molecule is CCC(C)(CC(C)C(C)(C)C)C(C)COCC(C)(C)CC(C)(CC)C(C)C1(C)CCCC(C)(C(C)C(C)OC(C)C(C)(CC)CC)NC1. The number of nitrogens with one attached hydrogen (secondary N) is 1. The summed E-state index contributed by atoms with van der Waals surface area (Å²) in [5, 5.41) is 4.19. The van der Waals surface area contributed by atoms with Gasteiger partial charge in [-0.1, -0.05) is 137 Å². The predicted molar refractivity (Wildman–Crippen MR) is 214 cm³/mol. The predicted octanol–water partition coefficient (Wildman–Crippen LogP) is 13.4. The van der Waals surface area contributed by atoms with Crippen molar-refractivity contribution < 1.29 is 9.47 Å². The third-order valence-corrected chi connectivity index (χ3v) is 16.0. The van der Waals surface area contributed by atoms with Crippen LogP contribution in [0.5, 0.6) is 0 Å². The summed E-state index contributed by atoms with van der Waals surface area (Å²) in [7, 11) is 0. The van der Waals surface area contributed by atoms with E-state index in [1.54, 1.807) is 0 Å². The van der Waals surface area contributed by atoms with Gasteiger partial charge < -0.3 is 14.8 Å². The van der Waals surface area contributed by atoms with E-state index in [0.29, 0.717) is 34.5 Å². The lowest BCUT2D eigenvalue weighted by Gasteiger charge is -2.50. The molecule has 0 aromatic heterocycles. The summed E-state index contributed by atoms with van der Waals surface area (Å²) in [6, 6.07) is 0. The molecule has 0 bridgehead atoms. The van der Waals surface area contributed by atoms with Crippen LogP contribution in [0.1, 0.15) is 196 Å². The molecular formula is C45H91NO2. The molecule has 0 aliphatic carbocycles. The van der Waals surface area contributed by atoms with Gasteiger partial charge in [-0.05, 0) is 115 Å². The summed E-state index contributed by atoms with van der Waals surface area (Å²) < 4.78 is 13.4. The lowest BCUT2D eigenvalue weighted by atomic mass is 9.57. The second kappa shape index (κ2) is 17.6. The Morgan fingerprint density at radius 2 is 1.21 bits per heavy atom. The monoisotopic (exact) mass is 678 g/mol. The Bertz CT molecular complexity index is 934. The first kappa shape index (κ1) is 45.9.